The first-order chi connectivity index (χ1) is 19.8. The number of amides is 2. The number of aromatic nitrogens is 2. The zero-order valence-corrected chi connectivity index (χ0v) is 24.0. The summed E-state index contributed by atoms with van der Waals surface area (Å²) < 4.78 is 3.97. The van der Waals surface area contributed by atoms with Crippen LogP contribution in [0.5, 0.6) is 0 Å². The molecule has 5 heterocycles. The number of rotatable bonds is 10. The molecule has 19 heteroatoms. The number of nitrogen functional groups attached to an aromatic ring is 1. The topological polar surface area (TPSA) is 217 Å². The molecule has 4 aliphatic heterocycles. The first-order valence-corrected chi connectivity index (χ1v) is 14.9. The average Bonchev–Trinajstić information content (AvgIpc) is 3.57. The van der Waals surface area contributed by atoms with E-state index < -0.39 is 29.2 Å². The van der Waals surface area contributed by atoms with Crippen LogP contribution in [0.2, 0.25) is 0 Å². The number of nitrogens with two attached hydrogens (primary N) is 2. The molecule has 0 aromatic carbocycles. The first-order valence-electron chi connectivity index (χ1n) is 12.1. The summed E-state index contributed by atoms with van der Waals surface area (Å²) in [4.78, 5) is 54.2. The van der Waals surface area contributed by atoms with Crippen molar-refractivity contribution in [3.8, 4) is 0 Å². The largest absolute Gasteiger partial charge is 0.477 e. The summed E-state index contributed by atoms with van der Waals surface area (Å²) in [6.45, 7) is 0.856. The van der Waals surface area contributed by atoms with E-state index in [1.165, 1.54) is 30.1 Å². The SMILES string of the molecule is CON=C(C(=O)N[C@H]1C(=O)N2C(C(=O)O)=C(CN3C=CN4N=C(SCCN=CN)CC=C34)CS[C@@H]12)c1nsc(N)n1. The van der Waals surface area contributed by atoms with Crippen molar-refractivity contribution in [2.75, 3.05) is 37.4 Å². The van der Waals surface area contributed by atoms with Gasteiger partial charge in [0.05, 0.1) is 17.9 Å². The van der Waals surface area contributed by atoms with E-state index in [9.17, 15) is 19.5 Å². The highest BCUT2D eigenvalue weighted by Crippen LogP contribution is 2.41. The summed E-state index contributed by atoms with van der Waals surface area (Å²) in [6, 6.07) is -0.967. The van der Waals surface area contributed by atoms with E-state index in [2.05, 4.69) is 29.9 Å². The van der Waals surface area contributed by atoms with Gasteiger partial charge in [-0.3, -0.25) is 19.5 Å². The third-order valence-corrected chi connectivity index (χ3v) is 8.99. The number of carbonyl (C=O) groups is 3. The van der Waals surface area contributed by atoms with E-state index in [1.54, 1.807) is 23.0 Å². The Kier molecular flexibility index (Phi) is 8.45. The number of thioether (sulfide) groups is 2. The van der Waals surface area contributed by atoms with Crippen LogP contribution in [0.15, 0.2) is 50.8 Å². The fraction of sp³-hybridized carbons (Fsp3) is 0.364. The fourth-order valence-corrected chi connectivity index (χ4v) is 6.95. The van der Waals surface area contributed by atoms with Crippen LogP contribution in [0.1, 0.15) is 12.2 Å². The van der Waals surface area contributed by atoms with Gasteiger partial charge in [-0.15, -0.1) is 23.5 Å². The molecule has 5 rings (SSSR count). The van der Waals surface area contributed by atoms with Crippen LogP contribution in [-0.4, -0.2) is 107 Å². The molecule has 2 atom stereocenters. The average molecular weight is 620 g/mol. The number of aliphatic carboxylic acids is 1. The summed E-state index contributed by atoms with van der Waals surface area (Å²) in [5.74, 6) is -0.649. The number of oxime groups is 1. The number of anilines is 1. The number of β-lactam (4-membered cyclic amide) rings is 1. The Bertz CT molecular complexity index is 1440. The van der Waals surface area contributed by atoms with Gasteiger partial charge in [-0.1, -0.05) is 5.16 Å². The molecular weight excluding hydrogens is 595 g/mol. The molecule has 0 saturated carbocycles. The standard InChI is InChI=1S/C22H25N11O5S3/c1-38-29-14(17-27-22(24)41-30-17)18(34)26-15-19(35)33-16(21(36)37)11(9-40-20(15)33)8-31-5-6-32-13(31)3-2-12(28-32)39-7-4-25-10-23/h3,5-6,10,15,20H,2,4,7-9H2,1H3,(H2,23,25)(H,26,34)(H,36,37)(H2,24,27,30)/t15-,20-/m0/s1. The van der Waals surface area contributed by atoms with Gasteiger partial charge in [0.2, 0.25) is 11.5 Å². The monoisotopic (exact) mass is 619 g/mol. The summed E-state index contributed by atoms with van der Waals surface area (Å²) in [7, 11) is 1.25. The number of carboxylic acids is 1. The van der Waals surface area contributed by atoms with E-state index in [4.69, 9.17) is 16.3 Å². The lowest BCUT2D eigenvalue weighted by Gasteiger charge is -2.49. The van der Waals surface area contributed by atoms with Gasteiger partial charge in [0.15, 0.2) is 5.13 Å². The van der Waals surface area contributed by atoms with Crippen molar-refractivity contribution in [2.45, 2.75) is 17.8 Å². The molecule has 0 radical (unpaired) electrons. The molecule has 1 saturated heterocycles. The first kappa shape index (κ1) is 28.4. The van der Waals surface area contributed by atoms with E-state index in [0.717, 1.165) is 28.2 Å². The second kappa shape index (κ2) is 12.2. The summed E-state index contributed by atoms with van der Waals surface area (Å²) in [5, 5.41) is 23.2. The Balaban J connectivity index is 1.26. The fourth-order valence-electron chi connectivity index (χ4n) is 4.40. The molecule has 6 N–H and O–H groups in total. The Morgan fingerprint density at radius 3 is 2.93 bits per heavy atom. The smallest absolute Gasteiger partial charge is 0.352 e. The highest BCUT2D eigenvalue weighted by atomic mass is 32.2. The number of nitrogens with zero attached hydrogens (tertiary/aromatic N) is 8. The third-order valence-electron chi connectivity index (χ3n) is 6.14. The van der Waals surface area contributed by atoms with Crippen LogP contribution in [0, 0.1) is 0 Å². The highest BCUT2D eigenvalue weighted by molar-refractivity contribution is 8.13. The Labute approximate surface area is 246 Å². The van der Waals surface area contributed by atoms with Gasteiger partial charge in [0.25, 0.3) is 11.8 Å². The van der Waals surface area contributed by atoms with Crippen molar-refractivity contribution in [2.24, 2.45) is 21.0 Å². The van der Waals surface area contributed by atoms with Crippen LogP contribution in [0.25, 0.3) is 0 Å². The summed E-state index contributed by atoms with van der Waals surface area (Å²) in [5.41, 5.74) is 11.1. The van der Waals surface area contributed by atoms with Crippen LogP contribution >= 0.6 is 35.1 Å². The number of carboxylic acid groups (broad SMARTS) is 1. The summed E-state index contributed by atoms with van der Waals surface area (Å²) in [6.07, 6.45) is 7.55. The quantitative estimate of drug-likeness (QED) is 0.0861. The molecular formula is C22H25N11O5S3. The lowest BCUT2D eigenvalue weighted by molar-refractivity contribution is -0.150. The molecule has 216 valence electrons. The molecule has 0 spiro atoms. The predicted molar refractivity (Wildman–Crippen MR) is 155 cm³/mol. The normalized spacial score (nSPS) is 21.9. The molecule has 41 heavy (non-hydrogen) atoms. The van der Waals surface area contributed by atoms with Crippen molar-refractivity contribution in [3.63, 3.8) is 0 Å². The van der Waals surface area contributed by atoms with Gasteiger partial charge in [0.1, 0.15) is 30.0 Å². The van der Waals surface area contributed by atoms with Gasteiger partial charge in [-0.2, -0.15) is 14.5 Å². The van der Waals surface area contributed by atoms with E-state index in [-0.39, 0.29) is 28.9 Å². The predicted octanol–water partition coefficient (Wildman–Crippen LogP) is -0.423. The van der Waals surface area contributed by atoms with E-state index in [1.807, 2.05) is 17.2 Å². The minimum atomic E-state index is -1.22. The number of fused-ring (bicyclic) bond motifs is 2. The van der Waals surface area contributed by atoms with Crippen molar-refractivity contribution >= 4 is 75.1 Å². The molecule has 0 bridgehead atoms. The lowest BCUT2D eigenvalue weighted by Crippen LogP contribution is -2.71. The maximum atomic E-state index is 13.1. The number of hydrazone groups is 1. The Hall–Kier alpha value is -4.10. The molecule has 2 amide bonds. The molecule has 1 aromatic heterocycles. The van der Waals surface area contributed by atoms with Crippen molar-refractivity contribution in [1.82, 2.24) is 29.5 Å². The van der Waals surface area contributed by atoms with Crippen LogP contribution in [-0.2, 0) is 19.2 Å². The van der Waals surface area contributed by atoms with Gasteiger partial charge < -0.3 is 31.6 Å². The van der Waals surface area contributed by atoms with Crippen LogP contribution in [0.4, 0.5) is 5.13 Å². The maximum absolute atomic E-state index is 13.1. The number of hydrogen-bond donors (Lipinski definition) is 4. The number of hydrogen-bond acceptors (Lipinski definition) is 15. The zero-order chi connectivity index (χ0) is 29.1. The summed E-state index contributed by atoms with van der Waals surface area (Å²) >= 11 is 3.84. The minimum absolute atomic E-state index is 0.0410. The van der Waals surface area contributed by atoms with Crippen molar-refractivity contribution < 1.29 is 24.3 Å². The molecule has 0 unspecified atom stereocenters. The van der Waals surface area contributed by atoms with Crippen molar-refractivity contribution in [1.29, 1.82) is 0 Å². The second-order valence-corrected chi connectivity index (χ2v) is 11.7. The second-order valence-electron chi connectivity index (χ2n) is 8.63. The number of allylic oxidation sites excluding steroid dienone is 1. The van der Waals surface area contributed by atoms with Gasteiger partial charge in [-0.25, -0.2) is 9.80 Å². The van der Waals surface area contributed by atoms with Crippen LogP contribution < -0.4 is 16.8 Å². The zero-order valence-electron chi connectivity index (χ0n) is 21.5. The van der Waals surface area contributed by atoms with Gasteiger partial charge in [0, 0.05) is 48.4 Å². The molecule has 1 aromatic rings. The molecule has 0 aliphatic carbocycles. The third kappa shape index (κ3) is 5.72. The number of carbonyl (C=O) groups excluding carboxylic acids is 2. The maximum Gasteiger partial charge on any atom is 0.352 e. The molecule has 4 aliphatic rings. The van der Waals surface area contributed by atoms with Crippen LogP contribution in [0.3, 0.4) is 0 Å². The lowest BCUT2D eigenvalue weighted by atomic mass is 10.0. The minimum Gasteiger partial charge on any atom is -0.477 e. The number of aliphatic imine (C=N–C) groups is 1. The highest BCUT2D eigenvalue weighted by Gasteiger charge is 2.54. The molecule has 1 fully saturated rings. The van der Waals surface area contributed by atoms with E-state index in [0.29, 0.717) is 24.3 Å². The van der Waals surface area contributed by atoms with Crippen molar-refractivity contribution in [3.05, 3.63) is 41.4 Å². The van der Waals surface area contributed by atoms with Gasteiger partial charge in [-0.05, 0) is 11.6 Å². The number of nitrogens with one attached hydrogen (secondary N) is 1. The molecule has 16 nitrogen and oxygen atoms in total. The Morgan fingerprint density at radius 2 is 2.22 bits per heavy atom. The Morgan fingerprint density at radius 1 is 1.39 bits per heavy atom. The van der Waals surface area contributed by atoms with Gasteiger partial charge >= 0.3 is 5.97 Å². The van der Waals surface area contributed by atoms with E-state index >= 15 is 0 Å².